The third kappa shape index (κ3) is 4.31. The van der Waals surface area contributed by atoms with E-state index in [4.69, 9.17) is 4.74 Å². The summed E-state index contributed by atoms with van der Waals surface area (Å²) >= 11 is 0. The number of aromatic nitrogens is 1. The predicted molar refractivity (Wildman–Crippen MR) is 124 cm³/mol. The molecule has 2 aliphatic heterocycles. The molecule has 0 aliphatic carbocycles. The Morgan fingerprint density at radius 1 is 1.29 bits per heavy atom. The predicted octanol–water partition coefficient (Wildman–Crippen LogP) is 3.11. The molecule has 2 aromatic rings. The Labute approximate surface area is 184 Å². The average Bonchev–Trinajstić information content (AvgIpc) is 3.02. The number of hydrogen-bond acceptors (Lipinski definition) is 6. The molecular weight excluding hydrogens is 390 g/mol. The van der Waals surface area contributed by atoms with Crippen LogP contribution in [0, 0.1) is 0 Å². The number of carbonyl (C=O) groups is 1. The van der Waals surface area contributed by atoms with Gasteiger partial charge in [-0.15, -0.1) is 0 Å². The molecule has 2 aliphatic rings. The maximum absolute atomic E-state index is 13.5. The number of nitrogens with one attached hydrogen (secondary N) is 2. The highest BCUT2D eigenvalue weighted by atomic mass is 16.5. The lowest BCUT2D eigenvalue weighted by molar-refractivity contribution is -0.150. The maximum atomic E-state index is 13.5. The smallest absolute Gasteiger partial charge is 0.241 e. The Kier molecular flexibility index (Phi) is 5.77. The van der Waals surface area contributed by atoms with Crippen molar-refractivity contribution in [3.63, 3.8) is 0 Å². The molecule has 7 heteroatoms. The Hall–Kier alpha value is -2.48. The van der Waals surface area contributed by atoms with E-state index in [0.29, 0.717) is 25.7 Å². The first-order valence-corrected chi connectivity index (χ1v) is 10.9. The van der Waals surface area contributed by atoms with Crippen molar-refractivity contribution in [2.24, 2.45) is 0 Å². The van der Waals surface area contributed by atoms with Crippen molar-refractivity contribution < 1.29 is 9.53 Å². The second-order valence-corrected chi connectivity index (χ2v) is 9.48. The van der Waals surface area contributed by atoms with E-state index in [1.165, 1.54) is 0 Å². The van der Waals surface area contributed by atoms with Gasteiger partial charge in [0.2, 0.25) is 5.91 Å². The third-order valence-corrected chi connectivity index (χ3v) is 6.51. The van der Waals surface area contributed by atoms with E-state index < -0.39 is 5.72 Å². The van der Waals surface area contributed by atoms with Crippen molar-refractivity contribution in [1.82, 2.24) is 15.2 Å². The van der Waals surface area contributed by atoms with Crippen LogP contribution in [0.1, 0.15) is 33.3 Å². The molecule has 0 bridgehead atoms. The zero-order chi connectivity index (χ0) is 22.2. The summed E-state index contributed by atoms with van der Waals surface area (Å²) in [6.07, 6.45) is 1.90. The van der Waals surface area contributed by atoms with Crippen molar-refractivity contribution in [2.75, 3.05) is 43.5 Å². The summed E-state index contributed by atoms with van der Waals surface area (Å²) < 4.78 is 5.77. The first-order valence-electron chi connectivity index (χ1n) is 10.9. The molecule has 166 valence electrons. The van der Waals surface area contributed by atoms with Crippen LogP contribution in [-0.2, 0) is 14.9 Å². The summed E-state index contributed by atoms with van der Waals surface area (Å²) in [7, 11) is 1.70. The van der Waals surface area contributed by atoms with Gasteiger partial charge in [-0.2, -0.15) is 0 Å². The second-order valence-electron chi connectivity index (χ2n) is 9.48. The van der Waals surface area contributed by atoms with Crippen LogP contribution in [0.3, 0.4) is 0 Å². The highest BCUT2D eigenvalue weighted by Gasteiger charge is 2.42. The molecule has 4 rings (SSSR count). The van der Waals surface area contributed by atoms with Crippen LogP contribution in [-0.4, -0.2) is 60.8 Å². The van der Waals surface area contributed by atoms with E-state index in [1.807, 2.05) is 54.4 Å². The summed E-state index contributed by atoms with van der Waals surface area (Å²) in [4.78, 5) is 22.2. The zero-order valence-corrected chi connectivity index (χ0v) is 19.1. The van der Waals surface area contributed by atoms with E-state index in [-0.39, 0.29) is 11.3 Å². The van der Waals surface area contributed by atoms with E-state index in [0.717, 1.165) is 29.3 Å². The molecule has 1 saturated heterocycles. The SMILES string of the molecule is CO[C@]1(C)CN[C@H](C)CN1CC(=O)N1CC(C)(C)c2cnc(Nc3ccccc3)cc21. The van der Waals surface area contributed by atoms with Gasteiger partial charge in [0.25, 0.3) is 0 Å². The first kappa shape index (κ1) is 21.7. The number of nitrogens with zero attached hydrogens (tertiary/aromatic N) is 3. The average molecular weight is 424 g/mol. The quantitative estimate of drug-likeness (QED) is 0.770. The maximum Gasteiger partial charge on any atom is 0.241 e. The molecule has 2 N–H and O–H groups in total. The number of fused-ring (bicyclic) bond motifs is 1. The molecule has 0 saturated carbocycles. The van der Waals surface area contributed by atoms with Gasteiger partial charge in [-0.3, -0.25) is 9.69 Å². The Morgan fingerprint density at radius 3 is 2.74 bits per heavy atom. The fourth-order valence-corrected chi connectivity index (χ4v) is 4.46. The van der Waals surface area contributed by atoms with Gasteiger partial charge in [0.15, 0.2) is 0 Å². The standard InChI is InChI=1S/C24H33N5O2/c1-17-13-28(24(4,31-5)15-26-17)14-22(30)29-16-23(2,3)19-12-25-21(11-20(19)29)27-18-9-7-6-8-10-18/h6-12,17,26H,13-16H2,1-5H3,(H,25,27)/t17-,24-/m1/s1. The molecule has 0 radical (unpaired) electrons. The zero-order valence-electron chi connectivity index (χ0n) is 19.1. The molecule has 2 atom stereocenters. The van der Waals surface area contributed by atoms with E-state index in [9.17, 15) is 4.79 Å². The number of ether oxygens (including phenoxy) is 1. The number of carbonyl (C=O) groups excluding carboxylic acids is 1. The van der Waals surface area contributed by atoms with Gasteiger partial charge in [-0.05, 0) is 26.0 Å². The molecular formula is C24H33N5O2. The minimum Gasteiger partial charge on any atom is -0.363 e. The fourth-order valence-electron chi connectivity index (χ4n) is 4.46. The van der Waals surface area contributed by atoms with Crippen LogP contribution < -0.4 is 15.5 Å². The van der Waals surface area contributed by atoms with Crippen LogP contribution in [0.15, 0.2) is 42.6 Å². The van der Waals surface area contributed by atoms with Crippen molar-refractivity contribution in [3.8, 4) is 0 Å². The number of benzene rings is 1. The molecule has 31 heavy (non-hydrogen) atoms. The summed E-state index contributed by atoms with van der Waals surface area (Å²) in [5.41, 5.74) is 2.35. The van der Waals surface area contributed by atoms with Gasteiger partial charge in [0.05, 0.1) is 12.2 Å². The van der Waals surface area contributed by atoms with Crippen molar-refractivity contribution >= 4 is 23.1 Å². The number of pyridine rings is 1. The van der Waals surface area contributed by atoms with Crippen molar-refractivity contribution in [1.29, 1.82) is 0 Å². The van der Waals surface area contributed by atoms with Crippen LogP contribution in [0.5, 0.6) is 0 Å². The van der Waals surface area contributed by atoms with Gasteiger partial charge in [-0.25, -0.2) is 4.98 Å². The molecule has 7 nitrogen and oxygen atoms in total. The lowest BCUT2D eigenvalue weighted by Crippen LogP contribution is -2.65. The summed E-state index contributed by atoms with van der Waals surface area (Å²) in [5.74, 6) is 0.819. The monoisotopic (exact) mass is 423 g/mol. The molecule has 0 spiro atoms. The molecule has 1 fully saturated rings. The molecule has 0 unspecified atom stereocenters. The summed E-state index contributed by atoms with van der Waals surface area (Å²) in [6.45, 7) is 10.9. The highest BCUT2D eigenvalue weighted by molar-refractivity contribution is 5.98. The fraction of sp³-hybridized carbons (Fsp3) is 0.500. The lowest BCUT2D eigenvalue weighted by atomic mass is 9.88. The number of hydrogen-bond donors (Lipinski definition) is 2. The van der Waals surface area contributed by atoms with Crippen molar-refractivity contribution in [2.45, 2.75) is 44.9 Å². The normalized spacial score (nSPS) is 25.3. The van der Waals surface area contributed by atoms with Crippen LogP contribution in [0.25, 0.3) is 0 Å². The Balaban J connectivity index is 1.58. The largest absolute Gasteiger partial charge is 0.363 e. The highest BCUT2D eigenvalue weighted by Crippen LogP contribution is 2.41. The Bertz CT molecular complexity index is 948. The second kappa shape index (κ2) is 8.22. The molecule has 1 aromatic heterocycles. The summed E-state index contributed by atoms with van der Waals surface area (Å²) in [5, 5.41) is 6.79. The number of piperazine rings is 1. The number of para-hydroxylation sites is 1. The van der Waals surface area contributed by atoms with Gasteiger partial charge in [-0.1, -0.05) is 32.0 Å². The number of anilines is 3. The first-order chi connectivity index (χ1) is 14.7. The topological polar surface area (TPSA) is 69.7 Å². The van der Waals surface area contributed by atoms with E-state index >= 15 is 0 Å². The third-order valence-electron chi connectivity index (χ3n) is 6.51. The van der Waals surface area contributed by atoms with Crippen LogP contribution >= 0.6 is 0 Å². The van der Waals surface area contributed by atoms with Crippen molar-refractivity contribution in [3.05, 3.63) is 48.2 Å². The summed E-state index contributed by atoms with van der Waals surface area (Å²) in [6, 6.07) is 12.2. The molecule has 1 aromatic carbocycles. The van der Waals surface area contributed by atoms with Crippen LogP contribution in [0.4, 0.5) is 17.2 Å². The number of amides is 1. The van der Waals surface area contributed by atoms with E-state index in [1.54, 1.807) is 7.11 Å². The lowest BCUT2D eigenvalue weighted by Gasteiger charge is -2.46. The minimum absolute atomic E-state index is 0.0843. The van der Waals surface area contributed by atoms with Crippen LogP contribution in [0.2, 0.25) is 0 Å². The minimum atomic E-state index is -0.501. The van der Waals surface area contributed by atoms with E-state index in [2.05, 4.69) is 41.3 Å². The number of rotatable bonds is 5. The molecule has 3 heterocycles. The van der Waals surface area contributed by atoms with Gasteiger partial charge < -0.3 is 20.3 Å². The molecule has 1 amide bonds. The van der Waals surface area contributed by atoms with Gasteiger partial charge >= 0.3 is 0 Å². The van der Waals surface area contributed by atoms with Gasteiger partial charge in [0.1, 0.15) is 11.5 Å². The Morgan fingerprint density at radius 2 is 2.03 bits per heavy atom. The van der Waals surface area contributed by atoms with Gasteiger partial charge in [0, 0.05) is 61.7 Å². The number of methoxy groups -OCH3 is 1.